The molecule has 5 nitrogen and oxygen atoms in total. The van der Waals surface area contributed by atoms with Crippen LogP contribution in [-0.4, -0.2) is 35.5 Å². The second-order valence-electron chi connectivity index (χ2n) is 4.61. The monoisotopic (exact) mass is 269 g/mol. The van der Waals surface area contributed by atoms with Gasteiger partial charge in [0, 0.05) is 30.6 Å². The van der Waals surface area contributed by atoms with Crippen molar-refractivity contribution in [2.75, 3.05) is 19.6 Å². The first kappa shape index (κ1) is 13.5. The predicted octanol–water partition coefficient (Wildman–Crippen LogP) is 2.23. The summed E-state index contributed by atoms with van der Waals surface area (Å²) in [4.78, 5) is 12.8. The maximum absolute atomic E-state index is 10.7. The van der Waals surface area contributed by atoms with Crippen LogP contribution in [0.3, 0.4) is 0 Å². The number of nitrogens with zero attached hydrogens (tertiary/aromatic N) is 2. The van der Waals surface area contributed by atoms with Crippen LogP contribution in [-0.2, 0) is 6.54 Å². The Morgan fingerprint density at radius 3 is 3.06 bits per heavy atom. The molecular formula is C12H19N3O2S. The molecule has 0 bridgehead atoms. The first-order valence-electron chi connectivity index (χ1n) is 6.37. The zero-order valence-corrected chi connectivity index (χ0v) is 11.4. The second-order valence-corrected chi connectivity index (χ2v) is 5.50. The van der Waals surface area contributed by atoms with Crippen LogP contribution >= 0.6 is 11.3 Å². The fraction of sp³-hybridized carbons (Fsp3) is 0.667. The Kier molecular flexibility index (Phi) is 4.68. The SMILES string of the molecule is CCN(Cc1csc([N+](=O)[O-])c1)C1CCCNC1. The van der Waals surface area contributed by atoms with Crippen molar-refractivity contribution < 1.29 is 4.92 Å². The van der Waals surface area contributed by atoms with Crippen molar-refractivity contribution in [1.29, 1.82) is 0 Å². The van der Waals surface area contributed by atoms with Crippen LogP contribution in [0, 0.1) is 10.1 Å². The molecule has 0 saturated carbocycles. The fourth-order valence-electron chi connectivity index (χ4n) is 2.42. The first-order valence-corrected chi connectivity index (χ1v) is 7.25. The van der Waals surface area contributed by atoms with Crippen LogP contribution in [0.5, 0.6) is 0 Å². The van der Waals surface area contributed by atoms with Crippen molar-refractivity contribution in [2.24, 2.45) is 0 Å². The van der Waals surface area contributed by atoms with Gasteiger partial charge in [0.25, 0.3) is 0 Å². The van der Waals surface area contributed by atoms with Gasteiger partial charge in [0.1, 0.15) is 0 Å². The van der Waals surface area contributed by atoms with Gasteiger partial charge in [0.2, 0.25) is 0 Å². The minimum atomic E-state index is -0.313. The molecule has 1 saturated heterocycles. The summed E-state index contributed by atoms with van der Waals surface area (Å²) >= 11 is 1.22. The summed E-state index contributed by atoms with van der Waals surface area (Å²) < 4.78 is 0. The van der Waals surface area contributed by atoms with Crippen molar-refractivity contribution in [3.63, 3.8) is 0 Å². The summed E-state index contributed by atoms with van der Waals surface area (Å²) in [5.41, 5.74) is 1.05. The third-order valence-electron chi connectivity index (χ3n) is 3.40. The Labute approximate surface area is 111 Å². The van der Waals surface area contributed by atoms with E-state index in [-0.39, 0.29) is 9.92 Å². The zero-order chi connectivity index (χ0) is 13.0. The van der Waals surface area contributed by atoms with E-state index in [2.05, 4.69) is 17.1 Å². The summed E-state index contributed by atoms with van der Waals surface area (Å²) in [5, 5.41) is 16.2. The van der Waals surface area contributed by atoms with Crippen LogP contribution in [0.4, 0.5) is 5.00 Å². The summed E-state index contributed by atoms with van der Waals surface area (Å²) in [7, 11) is 0. The molecule has 1 aromatic heterocycles. The molecule has 2 heterocycles. The van der Waals surface area contributed by atoms with Gasteiger partial charge in [-0.05, 0) is 31.5 Å². The van der Waals surface area contributed by atoms with Gasteiger partial charge in [-0.2, -0.15) is 0 Å². The topological polar surface area (TPSA) is 58.4 Å². The number of likely N-dealkylation sites (N-methyl/N-ethyl adjacent to an activating group) is 1. The van der Waals surface area contributed by atoms with Gasteiger partial charge in [-0.15, -0.1) is 0 Å². The van der Waals surface area contributed by atoms with Crippen LogP contribution in [0.15, 0.2) is 11.4 Å². The fourth-order valence-corrected chi connectivity index (χ4v) is 3.14. The van der Waals surface area contributed by atoms with E-state index in [1.165, 1.54) is 24.2 Å². The lowest BCUT2D eigenvalue weighted by molar-refractivity contribution is -0.380. The van der Waals surface area contributed by atoms with Gasteiger partial charge in [0.15, 0.2) is 0 Å². The lowest BCUT2D eigenvalue weighted by Crippen LogP contribution is -2.45. The highest BCUT2D eigenvalue weighted by Crippen LogP contribution is 2.24. The summed E-state index contributed by atoms with van der Waals surface area (Å²) in [6.07, 6.45) is 2.43. The number of nitrogens with one attached hydrogen (secondary N) is 1. The van der Waals surface area contributed by atoms with Gasteiger partial charge >= 0.3 is 5.00 Å². The smallest absolute Gasteiger partial charge is 0.315 e. The lowest BCUT2D eigenvalue weighted by Gasteiger charge is -2.33. The van der Waals surface area contributed by atoms with Gasteiger partial charge in [0.05, 0.1) is 4.92 Å². The molecule has 100 valence electrons. The maximum atomic E-state index is 10.7. The number of rotatable bonds is 5. The molecule has 1 atom stereocenters. The van der Waals surface area contributed by atoms with E-state index in [1.807, 2.05) is 5.38 Å². The molecule has 1 aromatic rings. The molecule has 2 rings (SSSR count). The molecule has 18 heavy (non-hydrogen) atoms. The molecule has 0 aromatic carbocycles. The standard InChI is InChI=1S/C12H19N3O2S/c1-2-14(11-4-3-5-13-7-11)8-10-6-12(15(16)17)18-9-10/h6,9,11,13H,2-5,7-8H2,1H3. The Bertz CT molecular complexity index is 402. The van der Waals surface area contributed by atoms with Gasteiger partial charge in [-0.1, -0.05) is 18.3 Å². The van der Waals surface area contributed by atoms with Crippen LogP contribution in [0.2, 0.25) is 0 Å². The minimum Gasteiger partial charge on any atom is -0.315 e. The second kappa shape index (κ2) is 6.26. The molecule has 1 N–H and O–H groups in total. The number of hydrogen-bond donors (Lipinski definition) is 1. The molecule has 0 spiro atoms. The summed E-state index contributed by atoms with van der Waals surface area (Å²) in [6, 6.07) is 2.26. The highest BCUT2D eigenvalue weighted by Gasteiger charge is 2.20. The molecule has 6 heteroatoms. The Balaban J connectivity index is 1.97. The highest BCUT2D eigenvalue weighted by molar-refractivity contribution is 7.13. The van der Waals surface area contributed by atoms with E-state index in [1.54, 1.807) is 6.07 Å². The minimum absolute atomic E-state index is 0.239. The maximum Gasteiger partial charge on any atom is 0.324 e. The molecular weight excluding hydrogens is 250 g/mol. The zero-order valence-electron chi connectivity index (χ0n) is 10.6. The normalized spacial score (nSPS) is 20.2. The molecule has 1 aliphatic rings. The Morgan fingerprint density at radius 1 is 1.67 bits per heavy atom. The largest absolute Gasteiger partial charge is 0.324 e. The predicted molar refractivity (Wildman–Crippen MR) is 72.9 cm³/mol. The van der Waals surface area contributed by atoms with E-state index in [0.717, 1.165) is 31.7 Å². The molecule has 1 unspecified atom stereocenters. The number of thiophene rings is 1. The molecule has 0 amide bonds. The number of piperidine rings is 1. The lowest BCUT2D eigenvalue weighted by atomic mass is 10.1. The van der Waals surface area contributed by atoms with Gasteiger partial charge in [-0.3, -0.25) is 15.0 Å². The quantitative estimate of drug-likeness (QED) is 0.658. The van der Waals surface area contributed by atoms with Crippen LogP contribution < -0.4 is 5.32 Å². The van der Waals surface area contributed by atoms with Crippen molar-refractivity contribution in [1.82, 2.24) is 10.2 Å². The average Bonchev–Trinajstić information content (AvgIpc) is 2.86. The number of hydrogen-bond acceptors (Lipinski definition) is 5. The third kappa shape index (κ3) is 3.28. The Hall–Kier alpha value is -0.980. The molecule has 1 aliphatic heterocycles. The van der Waals surface area contributed by atoms with Crippen molar-refractivity contribution in [3.8, 4) is 0 Å². The van der Waals surface area contributed by atoms with E-state index in [9.17, 15) is 10.1 Å². The highest BCUT2D eigenvalue weighted by atomic mass is 32.1. The molecule has 0 aliphatic carbocycles. The van der Waals surface area contributed by atoms with Crippen LogP contribution in [0.1, 0.15) is 25.3 Å². The van der Waals surface area contributed by atoms with Gasteiger partial charge < -0.3 is 5.32 Å². The average molecular weight is 269 g/mol. The van der Waals surface area contributed by atoms with Crippen LogP contribution in [0.25, 0.3) is 0 Å². The molecule has 0 radical (unpaired) electrons. The van der Waals surface area contributed by atoms with E-state index in [0.29, 0.717) is 6.04 Å². The van der Waals surface area contributed by atoms with Gasteiger partial charge in [-0.25, -0.2) is 0 Å². The first-order chi connectivity index (χ1) is 8.70. The van der Waals surface area contributed by atoms with E-state index >= 15 is 0 Å². The Morgan fingerprint density at radius 2 is 2.50 bits per heavy atom. The van der Waals surface area contributed by atoms with Crippen molar-refractivity contribution >= 4 is 16.3 Å². The van der Waals surface area contributed by atoms with E-state index < -0.39 is 0 Å². The third-order valence-corrected chi connectivity index (χ3v) is 4.33. The molecule has 1 fully saturated rings. The summed E-state index contributed by atoms with van der Waals surface area (Å²) in [5.74, 6) is 0. The van der Waals surface area contributed by atoms with Crippen molar-refractivity contribution in [2.45, 2.75) is 32.4 Å². The van der Waals surface area contributed by atoms with E-state index in [4.69, 9.17) is 0 Å². The summed E-state index contributed by atoms with van der Waals surface area (Å²) in [6.45, 7) is 6.08. The van der Waals surface area contributed by atoms with Crippen molar-refractivity contribution in [3.05, 3.63) is 27.1 Å². The number of nitro groups is 1.